The lowest BCUT2D eigenvalue weighted by molar-refractivity contribution is -0.161. The number of rotatable bonds is 10. The van der Waals surface area contributed by atoms with Crippen molar-refractivity contribution in [3.63, 3.8) is 0 Å². The van der Waals surface area contributed by atoms with Crippen molar-refractivity contribution in [3.8, 4) is 0 Å². The minimum absolute atomic E-state index is 0.00268. The highest BCUT2D eigenvalue weighted by Crippen LogP contribution is 2.26. The van der Waals surface area contributed by atoms with Gasteiger partial charge in [-0.2, -0.15) is 8.42 Å². The molecule has 36 heavy (non-hydrogen) atoms. The summed E-state index contributed by atoms with van der Waals surface area (Å²) in [6.45, 7) is 1.90. The molecule has 2 aliphatic rings. The highest BCUT2D eigenvalue weighted by atomic mass is 32.2. The number of aromatic nitrogens is 1. The quantitative estimate of drug-likeness (QED) is 0.0882. The largest absolute Gasteiger partial charge is 0.478 e. The van der Waals surface area contributed by atoms with Gasteiger partial charge in [0.25, 0.3) is 11.8 Å². The Kier molecular flexibility index (Phi) is 7.39. The number of ether oxygens (including phenoxy) is 1. The third kappa shape index (κ3) is 5.48. The molecule has 0 saturated carbocycles. The molecule has 3 rings (SSSR count). The van der Waals surface area contributed by atoms with Crippen molar-refractivity contribution in [2.24, 2.45) is 10.9 Å². The molecule has 0 aromatic carbocycles. The maximum atomic E-state index is 13.0. The molecule has 1 aromatic rings. The number of aliphatic carboxylic acids is 1. The van der Waals surface area contributed by atoms with E-state index in [1.54, 1.807) is 0 Å². The molecule has 0 bridgehead atoms. The molecule has 0 spiro atoms. The zero-order chi connectivity index (χ0) is 27.0. The molecule has 17 nitrogen and oxygen atoms in total. The SMILES string of the molecule is CC(C)(O/N=C(\C(=O)N[C@@H]1C(=O)N(S(=O)(=O)O)[C@@H]1CN1C[C@H](CN)OC1=O)c1csc(N)n1)C(=O)O. The molecular formula is C17H23N7O10S2. The van der Waals surface area contributed by atoms with Gasteiger partial charge in [-0.15, -0.1) is 11.3 Å². The second kappa shape index (κ2) is 9.84. The Balaban J connectivity index is 1.86. The standard InChI is InChI=1S/C17H23N7O10S2/c1-17(2,14(27)28)34-22-10(8-6-35-15(19)20-8)12(25)21-11-9(24(13(11)26)36(30,31)32)5-23-4-7(3-18)33-16(23)29/h6-7,9,11H,3-5,18H2,1-2H3,(H2,19,20)(H,21,25)(H,27,28)(H,30,31,32)/b22-10-/t7-,9+,11-/m0/s1. The number of carbonyl (C=O) groups is 4. The van der Waals surface area contributed by atoms with E-state index in [1.807, 2.05) is 0 Å². The second-order valence-corrected chi connectivity index (χ2v) is 10.4. The number of hydrogen-bond donors (Lipinski definition) is 5. The highest BCUT2D eigenvalue weighted by molar-refractivity contribution is 7.84. The third-order valence-corrected chi connectivity index (χ3v) is 6.81. The zero-order valence-electron chi connectivity index (χ0n) is 18.9. The first-order chi connectivity index (χ1) is 16.7. The number of carbonyl (C=O) groups excluding carboxylic acids is 3. The Bertz CT molecular complexity index is 1210. The lowest BCUT2D eigenvalue weighted by Gasteiger charge is -2.45. The van der Waals surface area contributed by atoms with Crippen molar-refractivity contribution in [3.05, 3.63) is 11.1 Å². The van der Waals surface area contributed by atoms with Crippen molar-refractivity contribution in [2.45, 2.75) is 37.6 Å². The van der Waals surface area contributed by atoms with Crippen LogP contribution in [0.15, 0.2) is 10.5 Å². The normalized spacial score (nSPS) is 22.8. The first-order valence-corrected chi connectivity index (χ1v) is 12.4. The molecule has 3 atom stereocenters. The smallest absolute Gasteiger partial charge is 0.410 e. The monoisotopic (exact) mass is 549 g/mol. The van der Waals surface area contributed by atoms with E-state index in [9.17, 15) is 37.3 Å². The predicted molar refractivity (Wildman–Crippen MR) is 121 cm³/mol. The van der Waals surface area contributed by atoms with Gasteiger partial charge < -0.3 is 36.4 Å². The van der Waals surface area contributed by atoms with Gasteiger partial charge in [-0.3, -0.25) is 14.1 Å². The maximum Gasteiger partial charge on any atom is 0.410 e. The van der Waals surface area contributed by atoms with E-state index >= 15 is 0 Å². The number of nitrogens with zero attached hydrogens (tertiary/aromatic N) is 4. The molecule has 0 unspecified atom stereocenters. The molecule has 0 aliphatic carbocycles. The number of thiazole rings is 1. The summed E-state index contributed by atoms with van der Waals surface area (Å²) < 4.78 is 38.1. The molecule has 0 radical (unpaired) electrons. The van der Waals surface area contributed by atoms with Gasteiger partial charge in [-0.1, -0.05) is 5.16 Å². The Morgan fingerprint density at radius 2 is 2.08 bits per heavy atom. The molecule has 19 heteroatoms. The van der Waals surface area contributed by atoms with Gasteiger partial charge in [0.15, 0.2) is 10.8 Å². The molecule has 198 valence electrons. The summed E-state index contributed by atoms with van der Waals surface area (Å²) in [5.74, 6) is -3.68. The Morgan fingerprint density at radius 3 is 2.58 bits per heavy atom. The first kappa shape index (κ1) is 27.0. The average molecular weight is 550 g/mol. The number of amides is 3. The van der Waals surface area contributed by atoms with Gasteiger partial charge in [0.05, 0.1) is 12.6 Å². The van der Waals surface area contributed by atoms with E-state index in [0.29, 0.717) is 0 Å². The Labute approximate surface area is 207 Å². The number of carboxylic acids is 1. The average Bonchev–Trinajstić information content (AvgIpc) is 3.35. The lowest BCUT2D eigenvalue weighted by Crippen LogP contribution is -2.74. The third-order valence-electron chi connectivity index (χ3n) is 5.18. The molecule has 2 fully saturated rings. The van der Waals surface area contributed by atoms with Crippen LogP contribution >= 0.6 is 11.3 Å². The molecule has 1 aromatic heterocycles. The van der Waals surface area contributed by atoms with Crippen LogP contribution in [0.1, 0.15) is 19.5 Å². The summed E-state index contributed by atoms with van der Waals surface area (Å²) in [5, 5.41) is 16.4. The number of nitrogen functional groups attached to an aromatic ring is 1. The molecule has 3 amide bonds. The zero-order valence-corrected chi connectivity index (χ0v) is 20.5. The van der Waals surface area contributed by atoms with Crippen LogP contribution in [0.2, 0.25) is 0 Å². The molecular weight excluding hydrogens is 526 g/mol. The molecule has 7 N–H and O–H groups in total. The first-order valence-electron chi connectivity index (χ1n) is 10.1. The number of nitrogens with two attached hydrogens (primary N) is 2. The van der Waals surface area contributed by atoms with Crippen LogP contribution in [-0.4, -0.2) is 105 Å². The van der Waals surface area contributed by atoms with E-state index in [2.05, 4.69) is 15.5 Å². The number of cyclic esters (lactones) is 1. The molecule has 2 saturated heterocycles. The van der Waals surface area contributed by atoms with Crippen LogP contribution in [0.4, 0.5) is 9.93 Å². The van der Waals surface area contributed by atoms with Crippen molar-refractivity contribution < 1.29 is 46.8 Å². The summed E-state index contributed by atoms with van der Waals surface area (Å²) in [6.07, 6.45) is -1.49. The second-order valence-electron chi connectivity index (χ2n) is 8.19. The van der Waals surface area contributed by atoms with Crippen molar-refractivity contribution >= 4 is 56.4 Å². The molecule has 3 heterocycles. The van der Waals surface area contributed by atoms with Crippen molar-refractivity contribution in [1.82, 2.24) is 19.5 Å². The van der Waals surface area contributed by atoms with E-state index in [1.165, 1.54) is 19.2 Å². The number of carboxylic acid groups (broad SMARTS) is 1. The van der Waals surface area contributed by atoms with Crippen LogP contribution in [0, 0.1) is 0 Å². The summed E-state index contributed by atoms with van der Waals surface area (Å²) in [6, 6.07) is -2.93. The van der Waals surface area contributed by atoms with Gasteiger partial charge in [0.2, 0.25) is 5.60 Å². The van der Waals surface area contributed by atoms with E-state index in [0.717, 1.165) is 16.2 Å². The van der Waals surface area contributed by atoms with Gasteiger partial charge in [0, 0.05) is 18.5 Å². The van der Waals surface area contributed by atoms with Crippen LogP contribution in [0.25, 0.3) is 0 Å². The number of oxime groups is 1. The fourth-order valence-corrected chi connectivity index (χ4v) is 4.64. The number of anilines is 1. The van der Waals surface area contributed by atoms with Crippen LogP contribution in [0.5, 0.6) is 0 Å². The molecule has 2 aliphatic heterocycles. The van der Waals surface area contributed by atoms with Gasteiger partial charge in [-0.05, 0) is 13.8 Å². The Hall–Kier alpha value is -3.55. The van der Waals surface area contributed by atoms with E-state index in [-0.39, 0.29) is 28.2 Å². The van der Waals surface area contributed by atoms with Crippen LogP contribution < -0.4 is 16.8 Å². The summed E-state index contributed by atoms with van der Waals surface area (Å²) in [4.78, 5) is 58.9. The minimum atomic E-state index is -5.04. The van der Waals surface area contributed by atoms with Crippen LogP contribution in [0.3, 0.4) is 0 Å². The fraction of sp³-hybridized carbons (Fsp3) is 0.529. The summed E-state index contributed by atoms with van der Waals surface area (Å²) >= 11 is 0.935. The fourth-order valence-electron chi connectivity index (χ4n) is 3.22. The number of nitrogens with one attached hydrogen (secondary N) is 1. The van der Waals surface area contributed by atoms with E-state index < -0.39 is 70.2 Å². The topological polar surface area (TPSA) is 257 Å². The van der Waals surface area contributed by atoms with Crippen molar-refractivity contribution in [2.75, 3.05) is 25.4 Å². The summed E-state index contributed by atoms with van der Waals surface area (Å²) in [5.41, 5.74) is 8.56. The highest BCUT2D eigenvalue weighted by Gasteiger charge is 2.55. The number of hydrogen-bond acceptors (Lipinski definition) is 13. The van der Waals surface area contributed by atoms with E-state index in [4.69, 9.17) is 21.0 Å². The maximum absolute atomic E-state index is 13.0. The lowest BCUT2D eigenvalue weighted by atomic mass is 9.97. The summed E-state index contributed by atoms with van der Waals surface area (Å²) in [7, 11) is -5.04. The predicted octanol–water partition coefficient (Wildman–Crippen LogP) is -2.41. The Morgan fingerprint density at radius 1 is 1.42 bits per heavy atom. The van der Waals surface area contributed by atoms with Gasteiger partial charge in [-0.25, -0.2) is 18.9 Å². The minimum Gasteiger partial charge on any atom is -0.478 e. The van der Waals surface area contributed by atoms with Gasteiger partial charge >= 0.3 is 22.4 Å². The van der Waals surface area contributed by atoms with Gasteiger partial charge in [0.1, 0.15) is 17.8 Å². The number of β-lactam (4-membered cyclic amide) rings is 1. The van der Waals surface area contributed by atoms with Crippen LogP contribution in [-0.2, 0) is 34.3 Å². The van der Waals surface area contributed by atoms with Crippen molar-refractivity contribution in [1.29, 1.82) is 0 Å².